The maximum Gasteiger partial charge on any atom is 0.416 e. The standard InChI is InChI=1S/C15H7Cl2F3N2O2/c1-24-14(23)13-11(17)4-7(6-21)12(22-13)9-3-2-8(5-10(9)16)15(18,19)20/h2-5H,1H3. The zero-order valence-corrected chi connectivity index (χ0v) is 13.4. The third-order valence-corrected chi connectivity index (χ3v) is 3.63. The molecule has 0 fully saturated rings. The van der Waals surface area contributed by atoms with Crippen LogP contribution in [0.1, 0.15) is 21.6 Å². The van der Waals surface area contributed by atoms with Gasteiger partial charge >= 0.3 is 12.1 Å². The van der Waals surface area contributed by atoms with Gasteiger partial charge in [0.1, 0.15) is 6.07 Å². The first-order chi connectivity index (χ1) is 11.2. The molecule has 0 unspecified atom stereocenters. The zero-order chi connectivity index (χ0) is 18.1. The van der Waals surface area contributed by atoms with E-state index in [1.165, 1.54) is 6.07 Å². The number of benzene rings is 1. The van der Waals surface area contributed by atoms with E-state index in [1.54, 1.807) is 0 Å². The van der Waals surface area contributed by atoms with Crippen molar-refractivity contribution in [1.82, 2.24) is 4.98 Å². The number of alkyl halides is 3. The third-order valence-electron chi connectivity index (χ3n) is 3.03. The monoisotopic (exact) mass is 374 g/mol. The van der Waals surface area contributed by atoms with E-state index >= 15 is 0 Å². The van der Waals surface area contributed by atoms with Gasteiger partial charge in [0.2, 0.25) is 0 Å². The predicted octanol–water partition coefficient (Wildman–Crippen LogP) is 4.73. The highest BCUT2D eigenvalue weighted by atomic mass is 35.5. The van der Waals surface area contributed by atoms with Crippen molar-refractivity contribution >= 4 is 29.2 Å². The topological polar surface area (TPSA) is 63.0 Å². The number of ether oxygens (including phenoxy) is 1. The lowest BCUT2D eigenvalue weighted by Gasteiger charge is -2.12. The predicted molar refractivity (Wildman–Crippen MR) is 80.7 cm³/mol. The first-order valence-corrected chi connectivity index (χ1v) is 7.00. The van der Waals surface area contributed by atoms with Gasteiger partial charge in [0.15, 0.2) is 5.69 Å². The first kappa shape index (κ1) is 18.0. The zero-order valence-electron chi connectivity index (χ0n) is 11.9. The lowest BCUT2D eigenvalue weighted by Crippen LogP contribution is -2.08. The maximum absolute atomic E-state index is 12.7. The van der Waals surface area contributed by atoms with Crippen molar-refractivity contribution in [1.29, 1.82) is 5.26 Å². The van der Waals surface area contributed by atoms with Crippen molar-refractivity contribution in [2.24, 2.45) is 0 Å². The van der Waals surface area contributed by atoms with E-state index in [4.69, 9.17) is 23.2 Å². The molecule has 0 bridgehead atoms. The molecule has 0 atom stereocenters. The number of rotatable bonds is 2. The molecule has 124 valence electrons. The minimum atomic E-state index is -4.56. The van der Waals surface area contributed by atoms with Crippen LogP contribution in [-0.2, 0) is 10.9 Å². The van der Waals surface area contributed by atoms with E-state index in [9.17, 15) is 23.2 Å². The van der Waals surface area contributed by atoms with Crippen molar-refractivity contribution in [3.8, 4) is 17.3 Å². The lowest BCUT2D eigenvalue weighted by molar-refractivity contribution is -0.137. The largest absolute Gasteiger partial charge is 0.464 e. The van der Waals surface area contributed by atoms with Crippen LogP contribution in [-0.4, -0.2) is 18.1 Å². The number of aromatic nitrogens is 1. The second-order valence-corrected chi connectivity index (χ2v) is 5.33. The Morgan fingerprint density at radius 1 is 1.25 bits per heavy atom. The van der Waals surface area contributed by atoms with Gasteiger partial charge in [-0.2, -0.15) is 18.4 Å². The van der Waals surface area contributed by atoms with Crippen LogP contribution in [0, 0.1) is 11.3 Å². The van der Waals surface area contributed by atoms with Crippen LogP contribution >= 0.6 is 23.2 Å². The molecule has 9 heteroatoms. The van der Waals surface area contributed by atoms with Crippen LogP contribution in [0.5, 0.6) is 0 Å². The Labute approximate surface area is 144 Å². The quantitative estimate of drug-likeness (QED) is 0.712. The first-order valence-electron chi connectivity index (χ1n) is 6.25. The minimum absolute atomic E-state index is 0.0469. The average molecular weight is 375 g/mol. The molecule has 1 aromatic heterocycles. The molecular weight excluding hydrogens is 368 g/mol. The summed E-state index contributed by atoms with van der Waals surface area (Å²) in [6.45, 7) is 0. The number of methoxy groups -OCH3 is 1. The molecule has 4 nitrogen and oxygen atoms in total. The number of pyridine rings is 1. The van der Waals surface area contributed by atoms with Gasteiger partial charge in [-0.05, 0) is 18.2 Å². The van der Waals surface area contributed by atoms with E-state index in [0.29, 0.717) is 6.07 Å². The molecule has 1 heterocycles. The highest BCUT2D eigenvalue weighted by Crippen LogP contribution is 2.36. The van der Waals surface area contributed by atoms with Crippen molar-refractivity contribution in [2.75, 3.05) is 7.11 Å². The Morgan fingerprint density at radius 3 is 2.42 bits per heavy atom. The fourth-order valence-corrected chi connectivity index (χ4v) is 2.40. The molecular formula is C15H7Cl2F3N2O2. The number of esters is 1. The second kappa shape index (κ2) is 6.67. The third kappa shape index (κ3) is 3.45. The summed E-state index contributed by atoms with van der Waals surface area (Å²) in [5.41, 5.74) is -1.28. The van der Waals surface area contributed by atoms with Crippen LogP contribution in [0.2, 0.25) is 10.0 Å². The number of carbonyl (C=O) groups is 1. The second-order valence-electron chi connectivity index (χ2n) is 4.51. The van der Waals surface area contributed by atoms with Crippen molar-refractivity contribution in [2.45, 2.75) is 6.18 Å². The summed E-state index contributed by atoms with van der Waals surface area (Å²) in [6.07, 6.45) is -4.56. The van der Waals surface area contributed by atoms with E-state index in [2.05, 4.69) is 9.72 Å². The molecule has 0 radical (unpaired) electrons. The van der Waals surface area contributed by atoms with Gasteiger partial charge in [0.05, 0.1) is 34.0 Å². The van der Waals surface area contributed by atoms with Crippen molar-refractivity contribution in [3.05, 3.63) is 51.1 Å². The number of nitriles is 1. The lowest BCUT2D eigenvalue weighted by atomic mass is 10.0. The molecule has 0 amide bonds. The molecule has 0 aliphatic rings. The van der Waals surface area contributed by atoms with Crippen molar-refractivity contribution in [3.63, 3.8) is 0 Å². The van der Waals surface area contributed by atoms with Crippen LogP contribution in [0.25, 0.3) is 11.3 Å². The summed E-state index contributed by atoms with van der Waals surface area (Å²) in [7, 11) is 1.11. The Kier molecular flexibility index (Phi) is 5.02. The SMILES string of the molecule is COC(=O)c1nc(-c2ccc(C(F)(F)F)cc2Cl)c(C#N)cc1Cl. The summed E-state index contributed by atoms with van der Waals surface area (Å²) in [6, 6.07) is 5.57. The molecule has 0 N–H and O–H groups in total. The van der Waals surface area contributed by atoms with E-state index in [0.717, 1.165) is 19.2 Å². The number of carbonyl (C=O) groups excluding carboxylic acids is 1. The van der Waals surface area contributed by atoms with Crippen LogP contribution in [0.15, 0.2) is 24.3 Å². The number of halogens is 5. The van der Waals surface area contributed by atoms with Gasteiger partial charge in [0, 0.05) is 5.56 Å². The summed E-state index contributed by atoms with van der Waals surface area (Å²) >= 11 is 11.8. The fourth-order valence-electron chi connectivity index (χ4n) is 1.90. The Balaban J connectivity index is 2.68. The van der Waals surface area contributed by atoms with Gasteiger partial charge in [-0.15, -0.1) is 0 Å². The Morgan fingerprint density at radius 2 is 1.92 bits per heavy atom. The van der Waals surface area contributed by atoms with E-state index < -0.39 is 17.7 Å². The summed E-state index contributed by atoms with van der Waals surface area (Å²) < 4.78 is 42.7. The highest BCUT2D eigenvalue weighted by molar-refractivity contribution is 6.34. The summed E-state index contributed by atoms with van der Waals surface area (Å²) in [5.74, 6) is -0.853. The van der Waals surface area contributed by atoms with Gasteiger partial charge in [-0.25, -0.2) is 9.78 Å². The molecule has 2 aromatic rings. The van der Waals surface area contributed by atoms with Gasteiger partial charge in [-0.1, -0.05) is 29.3 Å². The fraction of sp³-hybridized carbons (Fsp3) is 0.133. The minimum Gasteiger partial charge on any atom is -0.464 e. The summed E-state index contributed by atoms with van der Waals surface area (Å²) in [5, 5.41) is 8.79. The molecule has 2 rings (SSSR count). The normalized spacial score (nSPS) is 11.0. The van der Waals surface area contributed by atoms with Crippen LogP contribution in [0.3, 0.4) is 0 Å². The van der Waals surface area contributed by atoms with Crippen LogP contribution in [0.4, 0.5) is 13.2 Å². The molecule has 1 aromatic carbocycles. The molecule has 0 saturated heterocycles. The van der Waals surface area contributed by atoms with Gasteiger partial charge in [0.25, 0.3) is 0 Å². The molecule has 0 aliphatic heterocycles. The molecule has 0 spiro atoms. The molecule has 0 saturated carbocycles. The Hall–Kier alpha value is -2.30. The molecule has 24 heavy (non-hydrogen) atoms. The number of hydrogen-bond acceptors (Lipinski definition) is 4. The molecule has 0 aliphatic carbocycles. The smallest absolute Gasteiger partial charge is 0.416 e. The van der Waals surface area contributed by atoms with Crippen molar-refractivity contribution < 1.29 is 22.7 Å². The highest BCUT2D eigenvalue weighted by Gasteiger charge is 2.31. The average Bonchev–Trinajstić information content (AvgIpc) is 2.53. The summed E-state index contributed by atoms with van der Waals surface area (Å²) in [4.78, 5) is 15.6. The number of nitrogens with zero attached hydrogens (tertiary/aromatic N) is 2. The van der Waals surface area contributed by atoms with E-state index in [1.807, 2.05) is 6.07 Å². The van der Waals surface area contributed by atoms with E-state index in [-0.39, 0.29) is 32.6 Å². The maximum atomic E-state index is 12.7. The number of hydrogen-bond donors (Lipinski definition) is 0. The Bertz CT molecular complexity index is 861. The van der Waals surface area contributed by atoms with Gasteiger partial charge in [-0.3, -0.25) is 0 Å². The van der Waals surface area contributed by atoms with Gasteiger partial charge < -0.3 is 4.74 Å². The van der Waals surface area contributed by atoms with Crippen LogP contribution < -0.4 is 0 Å².